The van der Waals surface area contributed by atoms with E-state index >= 15 is 0 Å². The smallest absolute Gasteiger partial charge is 0.135 e. The van der Waals surface area contributed by atoms with Crippen molar-refractivity contribution in [1.82, 2.24) is 0 Å². The van der Waals surface area contributed by atoms with E-state index in [0.29, 0.717) is 19.0 Å². The molecule has 0 spiro atoms. The van der Waals surface area contributed by atoms with E-state index in [2.05, 4.69) is 38.4 Å². The Morgan fingerprint density at radius 1 is 1.26 bits per heavy atom. The van der Waals surface area contributed by atoms with Crippen molar-refractivity contribution in [2.75, 3.05) is 13.2 Å². The number of benzene rings is 1. The molecule has 2 rings (SSSR count). The van der Waals surface area contributed by atoms with Crippen LogP contribution in [0.4, 0.5) is 5.69 Å². The summed E-state index contributed by atoms with van der Waals surface area (Å²) in [7, 11) is 0. The Labute approximate surface area is 139 Å². The maximum absolute atomic E-state index is 5.87. The summed E-state index contributed by atoms with van der Waals surface area (Å²) in [5.74, 6) is 1.57. The van der Waals surface area contributed by atoms with Crippen molar-refractivity contribution in [3.05, 3.63) is 36.1 Å². The number of fused-ring (bicyclic) bond motifs is 1. The van der Waals surface area contributed by atoms with Gasteiger partial charge in [-0.2, -0.15) is 4.89 Å². The minimum absolute atomic E-state index is 0.0109. The molecular formula is C19H27NO3. The zero-order chi connectivity index (χ0) is 16.9. The average Bonchev–Trinajstić information content (AvgIpc) is 2.75. The number of rotatable bonds is 9. The van der Waals surface area contributed by atoms with Gasteiger partial charge < -0.3 is 9.62 Å². The van der Waals surface area contributed by atoms with E-state index in [0.717, 1.165) is 36.4 Å². The van der Waals surface area contributed by atoms with Crippen LogP contribution >= 0.6 is 0 Å². The molecular weight excluding hydrogens is 290 g/mol. The summed E-state index contributed by atoms with van der Waals surface area (Å²) in [4.78, 5) is 14.5. The van der Waals surface area contributed by atoms with Crippen LogP contribution in [0.5, 0.6) is 5.75 Å². The summed E-state index contributed by atoms with van der Waals surface area (Å²) in [5, 5.41) is 0. The third kappa shape index (κ3) is 4.35. The minimum atomic E-state index is -0.0109. The van der Waals surface area contributed by atoms with Crippen LogP contribution in [0.25, 0.3) is 0 Å². The highest BCUT2D eigenvalue weighted by Gasteiger charge is 2.32. The first-order valence-electron chi connectivity index (χ1n) is 8.25. The summed E-state index contributed by atoms with van der Waals surface area (Å²) >= 11 is 0. The molecule has 1 aliphatic heterocycles. The maximum atomic E-state index is 5.87. The molecule has 1 aliphatic rings. The first-order valence-corrected chi connectivity index (χ1v) is 8.25. The van der Waals surface area contributed by atoms with Crippen molar-refractivity contribution in [2.45, 2.75) is 52.4 Å². The van der Waals surface area contributed by atoms with Crippen LogP contribution in [0, 0.1) is 0 Å². The van der Waals surface area contributed by atoms with E-state index < -0.39 is 0 Å². The molecule has 23 heavy (non-hydrogen) atoms. The molecule has 0 atom stereocenters. The highest BCUT2D eigenvalue weighted by molar-refractivity contribution is 5.99. The Kier molecular flexibility index (Phi) is 5.83. The van der Waals surface area contributed by atoms with E-state index in [1.54, 1.807) is 0 Å². The second kappa shape index (κ2) is 7.64. The molecule has 0 amide bonds. The molecule has 0 saturated carbocycles. The number of unbranched alkanes of at least 4 members (excludes halogenated alkanes) is 1. The predicted octanol–water partition coefficient (Wildman–Crippen LogP) is 5.10. The van der Waals surface area contributed by atoms with Gasteiger partial charge in [-0.25, -0.2) is 0 Å². The number of allylic oxidation sites excluding steroid dienone is 1. The molecule has 4 nitrogen and oxygen atoms in total. The van der Waals surface area contributed by atoms with Gasteiger partial charge in [0.25, 0.3) is 0 Å². The summed E-state index contributed by atoms with van der Waals surface area (Å²) in [5.41, 5.74) is 3.44. The van der Waals surface area contributed by atoms with Crippen molar-refractivity contribution in [3.8, 4) is 5.75 Å². The highest BCUT2D eigenvalue weighted by atomic mass is 17.2. The molecule has 0 fully saturated rings. The molecule has 0 unspecified atom stereocenters. The predicted molar refractivity (Wildman–Crippen MR) is 93.4 cm³/mol. The molecule has 4 heteroatoms. The van der Waals surface area contributed by atoms with Crippen LogP contribution in [0.3, 0.4) is 0 Å². The SMILES string of the molecule is C=C(CCCCOc1ccc2c(c1)C(C)(C)C(C)=N2)OOCC. The van der Waals surface area contributed by atoms with Crippen LogP contribution in [0.2, 0.25) is 0 Å². The first kappa shape index (κ1) is 17.5. The molecule has 1 aromatic carbocycles. The van der Waals surface area contributed by atoms with Gasteiger partial charge in [0.2, 0.25) is 0 Å². The Morgan fingerprint density at radius 2 is 2.04 bits per heavy atom. The molecule has 1 aromatic rings. The second-order valence-electron chi connectivity index (χ2n) is 6.34. The first-order chi connectivity index (χ1) is 10.9. The van der Waals surface area contributed by atoms with Crippen molar-refractivity contribution < 1.29 is 14.5 Å². The van der Waals surface area contributed by atoms with Crippen molar-refractivity contribution in [1.29, 1.82) is 0 Å². The van der Waals surface area contributed by atoms with Crippen LogP contribution in [-0.4, -0.2) is 18.9 Å². The third-order valence-corrected chi connectivity index (χ3v) is 4.25. The summed E-state index contributed by atoms with van der Waals surface area (Å²) < 4.78 is 5.87. The van der Waals surface area contributed by atoms with Gasteiger partial charge in [0.1, 0.15) is 11.5 Å². The number of hydrogen-bond donors (Lipinski definition) is 0. The molecule has 0 saturated heterocycles. The number of hydrogen-bond acceptors (Lipinski definition) is 4. The van der Waals surface area contributed by atoms with Gasteiger partial charge in [0.15, 0.2) is 0 Å². The van der Waals surface area contributed by atoms with Gasteiger partial charge in [-0.3, -0.25) is 4.99 Å². The third-order valence-electron chi connectivity index (χ3n) is 4.25. The minimum Gasteiger partial charge on any atom is -0.494 e. The average molecular weight is 317 g/mol. The normalized spacial score (nSPS) is 15.0. The van der Waals surface area contributed by atoms with Gasteiger partial charge in [-0.15, -0.1) is 0 Å². The van der Waals surface area contributed by atoms with Crippen molar-refractivity contribution in [3.63, 3.8) is 0 Å². The van der Waals surface area contributed by atoms with E-state index in [9.17, 15) is 0 Å². The molecule has 0 radical (unpaired) electrons. The monoisotopic (exact) mass is 317 g/mol. The number of aliphatic imine (C=N–C) groups is 1. The van der Waals surface area contributed by atoms with Gasteiger partial charge in [-0.1, -0.05) is 20.4 Å². The standard InChI is InChI=1S/C19H27NO3/c1-6-22-23-14(2)9-7-8-12-21-16-10-11-18-17(13-16)19(4,5)15(3)20-18/h10-11,13H,2,6-9,12H2,1,3-5H3. The van der Waals surface area contributed by atoms with E-state index in [1.807, 2.05) is 19.1 Å². The fourth-order valence-electron chi connectivity index (χ4n) is 2.52. The number of nitrogens with zero attached hydrogens (tertiary/aromatic N) is 1. The Balaban J connectivity index is 1.76. The fourth-order valence-corrected chi connectivity index (χ4v) is 2.52. The highest BCUT2D eigenvalue weighted by Crippen LogP contribution is 2.41. The van der Waals surface area contributed by atoms with Crippen LogP contribution in [0.15, 0.2) is 35.5 Å². The summed E-state index contributed by atoms with van der Waals surface area (Å²) in [6.45, 7) is 13.4. The molecule has 0 aliphatic carbocycles. The molecule has 0 aromatic heterocycles. The van der Waals surface area contributed by atoms with Crippen LogP contribution < -0.4 is 4.74 Å². The molecule has 126 valence electrons. The summed E-state index contributed by atoms with van der Waals surface area (Å²) in [6.07, 6.45) is 2.70. The Morgan fingerprint density at radius 3 is 2.78 bits per heavy atom. The summed E-state index contributed by atoms with van der Waals surface area (Å²) in [6, 6.07) is 6.15. The lowest BCUT2D eigenvalue weighted by Crippen LogP contribution is -2.22. The topological polar surface area (TPSA) is 40.0 Å². The zero-order valence-electron chi connectivity index (χ0n) is 14.6. The molecule has 1 heterocycles. The van der Waals surface area contributed by atoms with Gasteiger partial charge >= 0.3 is 0 Å². The van der Waals surface area contributed by atoms with Crippen molar-refractivity contribution in [2.24, 2.45) is 4.99 Å². The Hall–Kier alpha value is -1.81. The van der Waals surface area contributed by atoms with E-state index in [1.165, 1.54) is 5.56 Å². The van der Waals surface area contributed by atoms with E-state index in [4.69, 9.17) is 14.5 Å². The lowest BCUT2D eigenvalue weighted by molar-refractivity contribution is -0.259. The van der Waals surface area contributed by atoms with Gasteiger partial charge in [-0.05, 0) is 50.5 Å². The zero-order valence-corrected chi connectivity index (χ0v) is 14.6. The quantitative estimate of drug-likeness (QED) is 0.275. The number of ether oxygens (including phenoxy) is 1. The van der Waals surface area contributed by atoms with Crippen LogP contribution in [0.1, 0.15) is 52.5 Å². The van der Waals surface area contributed by atoms with Gasteiger partial charge in [0, 0.05) is 17.5 Å². The molecule has 0 N–H and O–H groups in total. The maximum Gasteiger partial charge on any atom is 0.135 e. The fraction of sp³-hybridized carbons (Fsp3) is 0.526. The Bertz CT molecular complexity index is 590. The van der Waals surface area contributed by atoms with Crippen molar-refractivity contribution >= 4 is 11.4 Å². The lowest BCUT2D eigenvalue weighted by atomic mass is 9.82. The largest absolute Gasteiger partial charge is 0.494 e. The lowest BCUT2D eigenvalue weighted by Gasteiger charge is -2.20. The van der Waals surface area contributed by atoms with Crippen LogP contribution in [-0.2, 0) is 15.2 Å². The second-order valence-corrected chi connectivity index (χ2v) is 6.34. The molecule has 0 bridgehead atoms. The van der Waals surface area contributed by atoms with Gasteiger partial charge in [0.05, 0.1) is 18.9 Å². The van der Waals surface area contributed by atoms with E-state index in [-0.39, 0.29) is 5.41 Å².